The molecule has 0 aliphatic heterocycles. The molecule has 0 aliphatic rings. The van der Waals surface area contributed by atoms with Crippen LogP contribution in [0.15, 0.2) is 24.3 Å². The van der Waals surface area contributed by atoms with E-state index in [-0.39, 0.29) is 0 Å². The van der Waals surface area contributed by atoms with Crippen LogP contribution in [0.2, 0.25) is 5.02 Å². The van der Waals surface area contributed by atoms with Crippen LogP contribution >= 0.6 is 11.6 Å². The van der Waals surface area contributed by atoms with Crippen molar-refractivity contribution in [2.24, 2.45) is 0 Å². The van der Waals surface area contributed by atoms with Crippen LogP contribution in [-0.4, -0.2) is 0 Å². The molecule has 1 aromatic carbocycles. The van der Waals surface area contributed by atoms with Gasteiger partial charge in [0.25, 0.3) is 0 Å². The average Bonchev–Trinajstić information content (AvgIpc) is 2.11. The summed E-state index contributed by atoms with van der Waals surface area (Å²) < 4.78 is 0. The number of hydrogen-bond acceptors (Lipinski definition) is 0. The van der Waals surface area contributed by atoms with Gasteiger partial charge in [-0.05, 0) is 24.6 Å². The maximum atomic E-state index is 5.64. The summed E-state index contributed by atoms with van der Waals surface area (Å²) in [6, 6.07) is 7.76. The van der Waals surface area contributed by atoms with Crippen LogP contribution in [0.25, 0.3) is 0 Å². The maximum absolute atomic E-state index is 5.64. The van der Waals surface area contributed by atoms with Crippen LogP contribution in [-0.2, 0) is 0 Å². The molecular formula is C11H19Cl. The molecule has 0 aliphatic carbocycles. The topological polar surface area (TPSA) is 0 Å². The lowest BCUT2D eigenvalue weighted by atomic mass is 10.2. The van der Waals surface area contributed by atoms with Crippen molar-refractivity contribution in [1.29, 1.82) is 0 Å². The second-order valence-electron chi connectivity index (χ2n) is 1.80. The third kappa shape index (κ3) is 7.62. The molecule has 0 nitrogen and oxygen atoms in total. The third-order valence-electron chi connectivity index (χ3n) is 0.980. The van der Waals surface area contributed by atoms with Crippen molar-refractivity contribution in [3.63, 3.8) is 0 Å². The molecular weight excluding hydrogens is 168 g/mol. The zero-order valence-electron chi connectivity index (χ0n) is 8.69. The van der Waals surface area contributed by atoms with E-state index in [1.165, 1.54) is 5.56 Å². The van der Waals surface area contributed by atoms with Gasteiger partial charge in [-0.25, -0.2) is 0 Å². The van der Waals surface area contributed by atoms with Crippen LogP contribution in [0, 0.1) is 6.92 Å². The highest BCUT2D eigenvalue weighted by molar-refractivity contribution is 6.30. The molecule has 0 fully saturated rings. The molecule has 0 amide bonds. The van der Waals surface area contributed by atoms with Gasteiger partial charge < -0.3 is 0 Å². The molecule has 1 heteroatoms. The van der Waals surface area contributed by atoms with Gasteiger partial charge in [0, 0.05) is 5.02 Å². The molecule has 0 heterocycles. The molecule has 0 atom stereocenters. The molecule has 1 rings (SSSR count). The Labute approximate surface area is 81.6 Å². The highest BCUT2D eigenvalue weighted by Crippen LogP contribution is 2.08. The fourth-order valence-electron chi connectivity index (χ4n) is 0.606. The first-order valence-electron chi connectivity index (χ1n) is 4.51. The second kappa shape index (κ2) is 10.5. The van der Waals surface area contributed by atoms with Crippen LogP contribution in [0.4, 0.5) is 0 Å². The first-order valence-corrected chi connectivity index (χ1v) is 4.89. The van der Waals surface area contributed by atoms with E-state index in [0.29, 0.717) is 0 Å². The fraction of sp³-hybridized carbons (Fsp3) is 0.455. The van der Waals surface area contributed by atoms with Crippen molar-refractivity contribution in [2.45, 2.75) is 34.6 Å². The molecule has 70 valence electrons. The highest BCUT2D eigenvalue weighted by atomic mass is 35.5. The highest BCUT2D eigenvalue weighted by Gasteiger charge is 1.82. The van der Waals surface area contributed by atoms with Gasteiger partial charge in [-0.1, -0.05) is 51.4 Å². The van der Waals surface area contributed by atoms with E-state index in [4.69, 9.17) is 11.6 Å². The molecule has 12 heavy (non-hydrogen) atoms. The Morgan fingerprint density at radius 1 is 1.00 bits per heavy atom. The smallest absolute Gasteiger partial charge is 0.0408 e. The van der Waals surface area contributed by atoms with E-state index in [9.17, 15) is 0 Å². The summed E-state index contributed by atoms with van der Waals surface area (Å²) in [4.78, 5) is 0. The standard InChI is InChI=1S/C7H7Cl.2C2H6/c1-6-3-2-4-7(8)5-6;2*1-2/h2-5H,1H3;2*1-2H3. The van der Waals surface area contributed by atoms with Crippen molar-refractivity contribution in [3.8, 4) is 0 Å². The van der Waals surface area contributed by atoms with Crippen LogP contribution in [0.3, 0.4) is 0 Å². The summed E-state index contributed by atoms with van der Waals surface area (Å²) in [6.45, 7) is 10.0. The largest absolute Gasteiger partial charge is 0.0843 e. The zero-order valence-corrected chi connectivity index (χ0v) is 9.44. The molecule has 0 aromatic heterocycles. The number of halogens is 1. The molecule has 0 N–H and O–H groups in total. The minimum Gasteiger partial charge on any atom is -0.0843 e. The van der Waals surface area contributed by atoms with Crippen molar-refractivity contribution < 1.29 is 0 Å². The molecule has 1 aromatic rings. The minimum atomic E-state index is 0.810. The van der Waals surface area contributed by atoms with Crippen LogP contribution in [0.5, 0.6) is 0 Å². The SMILES string of the molecule is CC.CC.Cc1cccc(Cl)c1. The summed E-state index contributed by atoms with van der Waals surface area (Å²) in [7, 11) is 0. The predicted molar refractivity (Wildman–Crippen MR) is 58.9 cm³/mol. The minimum absolute atomic E-state index is 0.810. The quantitative estimate of drug-likeness (QED) is 0.551. The molecule has 0 spiro atoms. The van der Waals surface area contributed by atoms with Gasteiger partial charge >= 0.3 is 0 Å². The van der Waals surface area contributed by atoms with Crippen LogP contribution in [0.1, 0.15) is 33.3 Å². The first kappa shape index (κ1) is 14.1. The third-order valence-corrected chi connectivity index (χ3v) is 1.22. The number of aryl methyl sites for hydroxylation is 1. The Morgan fingerprint density at radius 2 is 1.50 bits per heavy atom. The fourth-order valence-corrected chi connectivity index (χ4v) is 0.850. The van der Waals surface area contributed by atoms with E-state index >= 15 is 0 Å². The molecule has 0 bridgehead atoms. The van der Waals surface area contributed by atoms with Crippen molar-refractivity contribution in [3.05, 3.63) is 34.9 Å². The van der Waals surface area contributed by atoms with E-state index in [0.717, 1.165) is 5.02 Å². The van der Waals surface area contributed by atoms with Crippen molar-refractivity contribution in [2.75, 3.05) is 0 Å². The van der Waals surface area contributed by atoms with E-state index in [2.05, 4.69) is 0 Å². The average molecular weight is 187 g/mol. The van der Waals surface area contributed by atoms with Gasteiger partial charge in [0.15, 0.2) is 0 Å². The van der Waals surface area contributed by atoms with Gasteiger partial charge in [-0.3, -0.25) is 0 Å². The lowest BCUT2D eigenvalue weighted by Gasteiger charge is -1.88. The molecule has 0 unspecified atom stereocenters. The Morgan fingerprint density at radius 3 is 1.75 bits per heavy atom. The monoisotopic (exact) mass is 186 g/mol. The predicted octanol–water partition coefficient (Wildman–Crippen LogP) is 4.70. The Hall–Kier alpha value is -0.490. The first-order chi connectivity index (χ1) is 5.79. The Bertz CT molecular complexity index is 165. The second-order valence-corrected chi connectivity index (χ2v) is 2.24. The Kier molecular flexibility index (Phi) is 12.3. The van der Waals surface area contributed by atoms with Gasteiger partial charge in [0.2, 0.25) is 0 Å². The molecule has 0 saturated heterocycles. The summed E-state index contributed by atoms with van der Waals surface area (Å²) in [5.41, 5.74) is 1.21. The van der Waals surface area contributed by atoms with Crippen LogP contribution < -0.4 is 0 Å². The number of hydrogen-bond donors (Lipinski definition) is 0. The summed E-state index contributed by atoms with van der Waals surface area (Å²) >= 11 is 5.64. The summed E-state index contributed by atoms with van der Waals surface area (Å²) in [6.07, 6.45) is 0. The van der Waals surface area contributed by atoms with Gasteiger partial charge in [-0.2, -0.15) is 0 Å². The number of benzene rings is 1. The zero-order chi connectivity index (χ0) is 9.98. The van der Waals surface area contributed by atoms with Gasteiger partial charge in [-0.15, -0.1) is 0 Å². The normalized spacial score (nSPS) is 7.17. The molecule has 0 saturated carbocycles. The lowest BCUT2D eigenvalue weighted by Crippen LogP contribution is -1.66. The Balaban J connectivity index is 0. The van der Waals surface area contributed by atoms with Gasteiger partial charge in [0.1, 0.15) is 0 Å². The van der Waals surface area contributed by atoms with Crippen molar-refractivity contribution in [1.82, 2.24) is 0 Å². The molecule has 0 radical (unpaired) electrons. The summed E-state index contributed by atoms with van der Waals surface area (Å²) in [5, 5.41) is 0.810. The van der Waals surface area contributed by atoms with Gasteiger partial charge in [0.05, 0.1) is 0 Å². The van der Waals surface area contributed by atoms with E-state index in [1.807, 2.05) is 58.9 Å². The number of rotatable bonds is 0. The summed E-state index contributed by atoms with van der Waals surface area (Å²) in [5.74, 6) is 0. The van der Waals surface area contributed by atoms with E-state index < -0.39 is 0 Å². The van der Waals surface area contributed by atoms with Crippen molar-refractivity contribution >= 4 is 11.6 Å². The maximum Gasteiger partial charge on any atom is 0.0408 e. The van der Waals surface area contributed by atoms with E-state index in [1.54, 1.807) is 0 Å². The lowest BCUT2D eigenvalue weighted by molar-refractivity contribution is 1.47.